The quantitative estimate of drug-likeness (QED) is 0.845. The first-order valence-corrected chi connectivity index (χ1v) is 8.43. The largest absolute Gasteiger partial charge is 0.310 e. The number of carbonyl (C=O) groups is 1. The molecule has 1 aliphatic heterocycles. The molecule has 1 amide bonds. The van der Waals surface area contributed by atoms with Gasteiger partial charge in [0.05, 0.1) is 6.04 Å². The van der Waals surface area contributed by atoms with Crippen molar-refractivity contribution < 1.29 is 13.6 Å². The summed E-state index contributed by atoms with van der Waals surface area (Å²) < 4.78 is 26.9. The average Bonchev–Trinajstić information content (AvgIpc) is 2.57. The lowest BCUT2D eigenvalue weighted by Gasteiger charge is -2.39. The molecule has 3 nitrogen and oxygen atoms in total. The Morgan fingerprint density at radius 3 is 2.48 bits per heavy atom. The third kappa shape index (κ3) is 3.56. The maximum Gasteiger partial charge on any atom is 0.244 e. The highest BCUT2D eigenvalue weighted by Gasteiger charge is 2.32. The van der Waals surface area contributed by atoms with E-state index in [1.54, 1.807) is 4.90 Å². The van der Waals surface area contributed by atoms with Gasteiger partial charge in [-0.05, 0) is 50.1 Å². The Morgan fingerprint density at radius 2 is 1.80 bits per heavy atom. The fourth-order valence-corrected chi connectivity index (χ4v) is 3.15. The van der Waals surface area contributed by atoms with E-state index in [1.165, 1.54) is 17.7 Å². The van der Waals surface area contributed by atoms with Crippen molar-refractivity contribution in [1.82, 2.24) is 4.90 Å². The van der Waals surface area contributed by atoms with E-state index in [1.807, 2.05) is 43.9 Å². The van der Waals surface area contributed by atoms with Crippen molar-refractivity contribution in [3.05, 3.63) is 64.7 Å². The minimum Gasteiger partial charge on any atom is -0.310 e. The number of piperazine rings is 1. The van der Waals surface area contributed by atoms with E-state index in [2.05, 4.69) is 0 Å². The van der Waals surface area contributed by atoms with Gasteiger partial charge in [-0.1, -0.05) is 12.1 Å². The second-order valence-corrected chi connectivity index (χ2v) is 6.64. The molecule has 0 unspecified atom stereocenters. The number of hydrogen-bond acceptors (Lipinski definition) is 2. The summed E-state index contributed by atoms with van der Waals surface area (Å²) in [7, 11) is 0. The normalized spacial score (nSPS) is 18.7. The summed E-state index contributed by atoms with van der Waals surface area (Å²) >= 11 is 0. The molecule has 1 atom stereocenters. The number of halogens is 2. The van der Waals surface area contributed by atoms with Crippen LogP contribution in [-0.2, 0) is 11.3 Å². The van der Waals surface area contributed by atoms with Crippen molar-refractivity contribution in [3.8, 4) is 0 Å². The van der Waals surface area contributed by atoms with Crippen LogP contribution in [0.2, 0.25) is 0 Å². The molecule has 0 saturated carbocycles. The number of hydrogen-bond donors (Lipinski definition) is 0. The first-order chi connectivity index (χ1) is 11.9. The van der Waals surface area contributed by atoms with Gasteiger partial charge in [-0.25, -0.2) is 8.78 Å². The molecule has 0 spiro atoms. The first-order valence-electron chi connectivity index (χ1n) is 8.43. The predicted octanol–water partition coefficient (Wildman–Crippen LogP) is 3.82. The second-order valence-electron chi connectivity index (χ2n) is 6.64. The van der Waals surface area contributed by atoms with E-state index < -0.39 is 11.6 Å². The molecular formula is C20H22F2N2O. The Morgan fingerprint density at radius 1 is 1.04 bits per heavy atom. The molecule has 3 rings (SSSR count). The van der Waals surface area contributed by atoms with E-state index in [9.17, 15) is 13.6 Å². The van der Waals surface area contributed by atoms with Crippen molar-refractivity contribution in [3.63, 3.8) is 0 Å². The maximum atomic E-state index is 13.9. The Labute approximate surface area is 146 Å². The molecule has 0 aliphatic carbocycles. The Hall–Kier alpha value is -2.27. The molecule has 0 bridgehead atoms. The van der Waals surface area contributed by atoms with E-state index in [-0.39, 0.29) is 11.9 Å². The fraction of sp³-hybridized carbons (Fsp3) is 0.350. The first kappa shape index (κ1) is 17.5. The number of amides is 1. The van der Waals surface area contributed by atoms with Gasteiger partial charge in [0.25, 0.3) is 0 Å². The number of benzene rings is 2. The van der Waals surface area contributed by atoms with Crippen molar-refractivity contribution >= 4 is 11.6 Å². The number of aryl methyl sites for hydroxylation is 2. The van der Waals surface area contributed by atoms with E-state index >= 15 is 0 Å². The molecule has 1 heterocycles. The van der Waals surface area contributed by atoms with E-state index in [0.29, 0.717) is 25.2 Å². The number of carbonyl (C=O) groups excluding carboxylic acids is 1. The lowest BCUT2D eigenvalue weighted by molar-refractivity contribution is -0.125. The molecule has 0 aromatic heterocycles. The molecule has 1 fully saturated rings. The van der Waals surface area contributed by atoms with E-state index in [0.717, 1.165) is 17.3 Å². The Kier molecular flexibility index (Phi) is 4.86. The van der Waals surface area contributed by atoms with Crippen molar-refractivity contribution in [2.75, 3.05) is 18.0 Å². The van der Waals surface area contributed by atoms with Crippen LogP contribution < -0.4 is 4.90 Å². The van der Waals surface area contributed by atoms with Crippen molar-refractivity contribution in [1.29, 1.82) is 0 Å². The van der Waals surface area contributed by atoms with Crippen molar-refractivity contribution in [2.45, 2.75) is 33.4 Å². The third-order valence-corrected chi connectivity index (χ3v) is 4.97. The Balaban J connectivity index is 1.75. The number of nitrogens with zero attached hydrogens (tertiary/aromatic N) is 2. The molecule has 0 radical (unpaired) electrons. The van der Waals surface area contributed by atoms with Gasteiger partial charge in [0, 0.05) is 37.0 Å². The SMILES string of the molecule is Cc1ccc(N2CCN(Cc3ccc(F)cc3F)[C@H](C)C2=O)cc1C. The number of rotatable bonds is 3. The van der Waals surface area contributed by atoms with E-state index in [4.69, 9.17) is 0 Å². The van der Waals surface area contributed by atoms with Gasteiger partial charge in [-0.3, -0.25) is 9.69 Å². The fourth-order valence-electron chi connectivity index (χ4n) is 3.15. The zero-order valence-corrected chi connectivity index (χ0v) is 14.7. The Bertz CT molecular complexity index is 806. The van der Waals surface area contributed by atoms with Gasteiger partial charge in [-0.2, -0.15) is 0 Å². The topological polar surface area (TPSA) is 23.6 Å². The highest BCUT2D eigenvalue weighted by atomic mass is 19.1. The monoisotopic (exact) mass is 344 g/mol. The van der Waals surface area contributed by atoms with Crippen LogP contribution in [-0.4, -0.2) is 29.9 Å². The summed E-state index contributed by atoms with van der Waals surface area (Å²) in [5.41, 5.74) is 3.64. The third-order valence-electron chi connectivity index (χ3n) is 4.97. The molecule has 2 aromatic rings. The predicted molar refractivity (Wildman–Crippen MR) is 94.5 cm³/mol. The van der Waals surface area contributed by atoms with Crippen LogP contribution in [0, 0.1) is 25.5 Å². The highest BCUT2D eigenvalue weighted by molar-refractivity contribution is 5.97. The van der Waals surface area contributed by atoms with Gasteiger partial charge < -0.3 is 4.90 Å². The standard InChI is InChI=1S/C20H22F2N2O/c1-13-4-7-18(10-14(13)2)24-9-8-23(15(3)20(24)25)12-16-5-6-17(21)11-19(16)22/h4-7,10-11,15H,8-9,12H2,1-3H3/t15-/m1/s1. The molecule has 25 heavy (non-hydrogen) atoms. The second kappa shape index (κ2) is 6.92. The summed E-state index contributed by atoms with van der Waals surface area (Å²) in [6.45, 7) is 7.38. The van der Waals surface area contributed by atoms with Gasteiger partial charge in [-0.15, -0.1) is 0 Å². The van der Waals surface area contributed by atoms with Crippen LogP contribution in [0.1, 0.15) is 23.6 Å². The summed E-state index contributed by atoms with van der Waals surface area (Å²) in [5, 5.41) is 0. The van der Waals surface area contributed by atoms with Gasteiger partial charge in [0.2, 0.25) is 5.91 Å². The zero-order valence-electron chi connectivity index (χ0n) is 14.7. The zero-order chi connectivity index (χ0) is 18.1. The average molecular weight is 344 g/mol. The molecule has 1 aliphatic rings. The molecule has 132 valence electrons. The lowest BCUT2D eigenvalue weighted by Crippen LogP contribution is -2.55. The smallest absolute Gasteiger partial charge is 0.244 e. The lowest BCUT2D eigenvalue weighted by atomic mass is 10.1. The minimum absolute atomic E-state index is 0.00276. The molecule has 1 saturated heterocycles. The minimum atomic E-state index is -0.593. The van der Waals surface area contributed by atoms with Gasteiger partial charge in [0.15, 0.2) is 0 Å². The summed E-state index contributed by atoms with van der Waals surface area (Å²) in [4.78, 5) is 16.5. The van der Waals surface area contributed by atoms with Crippen LogP contribution in [0.5, 0.6) is 0 Å². The van der Waals surface area contributed by atoms with Crippen LogP contribution in [0.3, 0.4) is 0 Å². The van der Waals surface area contributed by atoms with Crippen LogP contribution in [0.15, 0.2) is 36.4 Å². The van der Waals surface area contributed by atoms with Crippen molar-refractivity contribution in [2.24, 2.45) is 0 Å². The van der Waals surface area contributed by atoms with Gasteiger partial charge in [0.1, 0.15) is 11.6 Å². The maximum absolute atomic E-state index is 13.9. The highest BCUT2D eigenvalue weighted by Crippen LogP contribution is 2.24. The summed E-state index contributed by atoms with van der Waals surface area (Å²) in [6, 6.07) is 9.21. The van der Waals surface area contributed by atoms with Gasteiger partial charge >= 0.3 is 0 Å². The summed E-state index contributed by atoms with van der Waals surface area (Å²) in [5.74, 6) is -1.17. The molecule has 0 N–H and O–H groups in total. The molecule has 2 aromatic carbocycles. The van der Waals surface area contributed by atoms with Crippen LogP contribution in [0.4, 0.5) is 14.5 Å². The molecular weight excluding hydrogens is 322 g/mol. The molecule has 5 heteroatoms. The summed E-state index contributed by atoms with van der Waals surface area (Å²) in [6.07, 6.45) is 0. The van der Waals surface area contributed by atoms with Crippen LogP contribution >= 0.6 is 0 Å². The number of anilines is 1. The van der Waals surface area contributed by atoms with Crippen LogP contribution in [0.25, 0.3) is 0 Å².